The fourth-order valence-electron chi connectivity index (χ4n) is 2.23. The highest BCUT2D eigenvalue weighted by molar-refractivity contribution is 7.14. The first-order valence-corrected chi connectivity index (χ1v) is 7.96. The van der Waals surface area contributed by atoms with Crippen LogP contribution in [0.2, 0.25) is 0 Å². The Balaban J connectivity index is 1.70. The summed E-state index contributed by atoms with van der Waals surface area (Å²) in [6.45, 7) is 6.41. The number of nitriles is 1. The molecule has 2 rings (SSSR count). The van der Waals surface area contributed by atoms with Gasteiger partial charge in [-0.25, -0.2) is 0 Å². The number of carbonyl (C=O) groups is 1. The Labute approximate surface area is 129 Å². The third-order valence-electron chi connectivity index (χ3n) is 3.46. The molecule has 1 amide bonds. The predicted octanol–water partition coefficient (Wildman–Crippen LogP) is 0.395. The molecule has 0 radical (unpaired) electrons. The monoisotopic (exact) mass is 307 g/mol. The summed E-state index contributed by atoms with van der Waals surface area (Å²) in [6, 6.07) is 3.79. The molecule has 0 unspecified atom stereocenters. The van der Waals surface area contributed by atoms with Gasteiger partial charge in [0.25, 0.3) is 0 Å². The van der Waals surface area contributed by atoms with Gasteiger partial charge in [0.15, 0.2) is 0 Å². The van der Waals surface area contributed by atoms with Crippen molar-refractivity contribution < 1.29 is 4.79 Å². The summed E-state index contributed by atoms with van der Waals surface area (Å²) < 4.78 is 0. The molecule has 1 saturated heterocycles. The minimum atomic E-state index is -0.0724. The number of carbonyl (C=O) groups excluding carboxylic acids is 1. The van der Waals surface area contributed by atoms with E-state index >= 15 is 0 Å². The molecule has 0 aromatic carbocycles. The number of amides is 1. The van der Waals surface area contributed by atoms with Crippen molar-refractivity contribution in [2.24, 2.45) is 0 Å². The van der Waals surface area contributed by atoms with Crippen molar-refractivity contribution in [2.45, 2.75) is 0 Å². The van der Waals surface area contributed by atoms with E-state index in [4.69, 9.17) is 5.26 Å². The first-order valence-electron chi connectivity index (χ1n) is 7.08. The quantitative estimate of drug-likeness (QED) is 0.796. The molecule has 0 aliphatic carbocycles. The summed E-state index contributed by atoms with van der Waals surface area (Å²) in [5.74, 6) is -0.0724. The second kappa shape index (κ2) is 8.10. The summed E-state index contributed by atoms with van der Waals surface area (Å²) in [4.78, 5) is 16.4. The molecule has 0 saturated carbocycles. The van der Waals surface area contributed by atoms with Crippen molar-refractivity contribution in [3.8, 4) is 6.07 Å². The van der Waals surface area contributed by atoms with Gasteiger partial charge in [0, 0.05) is 39.3 Å². The predicted molar refractivity (Wildman–Crippen MR) is 84.5 cm³/mol. The molecule has 2 heterocycles. The highest BCUT2D eigenvalue weighted by Crippen LogP contribution is 2.21. The van der Waals surface area contributed by atoms with Gasteiger partial charge in [-0.05, 0) is 18.5 Å². The topological polar surface area (TPSA) is 71.4 Å². The Bertz CT molecular complexity index is 504. The Kier molecular flexibility index (Phi) is 6.14. The summed E-state index contributed by atoms with van der Waals surface area (Å²) >= 11 is 1.38. The van der Waals surface area contributed by atoms with Gasteiger partial charge in [0.1, 0.15) is 11.1 Å². The molecule has 6 nitrogen and oxygen atoms in total. The smallest absolute Gasteiger partial charge is 0.239 e. The lowest BCUT2D eigenvalue weighted by Crippen LogP contribution is -2.46. The lowest BCUT2D eigenvalue weighted by atomic mass is 10.3. The minimum Gasteiger partial charge on any atom is -0.315 e. The summed E-state index contributed by atoms with van der Waals surface area (Å²) in [5.41, 5.74) is 0.525. The number of anilines is 1. The molecule has 0 bridgehead atoms. The van der Waals surface area contributed by atoms with Gasteiger partial charge in [0.2, 0.25) is 5.91 Å². The van der Waals surface area contributed by atoms with Gasteiger partial charge in [0.05, 0.1) is 12.1 Å². The molecule has 114 valence electrons. The maximum Gasteiger partial charge on any atom is 0.239 e. The third kappa shape index (κ3) is 5.10. The molecule has 0 atom stereocenters. The molecule has 1 aromatic rings. The van der Waals surface area contributed by atoms with Crippen molar-refractivity contribution in [3.63, 3.8) is 0 Å². The highest BCUT2D eigenvalue weighted by atomic mass is 32.1. The highest BCUT2D eigenvalue weighted by Gasteiger charge is 2.13. The standard InChI is InChI=1S/C14H21N5OS/c1-18(7-8-19-5-3-16-4-6-19)11-13(20)17-14-12(10-15)2-9-21-14/h2,9,16H,3-8,11H2,1H3,(H,17,20). The number of piperazine rings is 1. The van der Waals surface area contributed by atoms with Crippen LogP contribution in [0.5, 0.6) is 0 Å². The Morgan fingerprint density at radius 2 is 2.33 bits per heavy atom. The van der Waals surface area contributed by atoms with Crippen molar-refractivity contribution >= 4 is 22.2 Å². The number of thiophene rings is 1. The van der Waals surface area contributed by atoms with Gasteiger partial charge in [-0.3, -0.25) is 14.6 Å². The number of nitrogens with zero attached hydrogens (tertiary/aromatic N) is 3. The van der Waals surface area contributed by atoms with Gasteiger partial charge in [-0.1, -0.05) is 0 Å². The number of hydrogen-bond acceptors (Lipinski definition) is 6. The van der Waals surface area contributed by atoms with E-state index in [1.807, 2.05) is 17.3 Å². The summed E-state index contributed by atoms with van der Waals surface area (Å²) in [7, 11) is 1.95. The largest absolute Gasteiger partial charge is 0.315 e. The van der Waals surface area contributed by atoms with E-state index in [0.717, 1.165) is 39.3 Å². The van der Waals surface area contributed by atoms with Crippen molar-refractivity contribution in [1.29, 1.82) is 5.26 Å². The van der Waals surface area contributed by atoms with Crippen LogP contribution in [0.3, 0.4) is 0 Å². The molecular weight excluding hydrogens is 286 g/mol. The van der Waals surface area contributed by atoms with Gasteiger partial charge in [-0.2, -0.15) is 5.26 Å². The molecule has 7 heteroatoms. The van der Waals surface area contributed by atoms with Crippen LogP contribution in [0.25, 0.3) is 0 Å². The van der Waals surface area contributed by atoms with E-state index in [1.165, 1.54) is 11.3 Å². The Hall–Kier alpha value is -1.46. The molecule has 1 aliphatic heterocycles. The molecule has 2 N–H and O–H groups in total. The SMILES string of the molecule is CN(CCN1CCNCC1)CC(=O)Nc1sccc1C#N. The third-order valence-corrected chi connectivity index (χ3v) is 4.29. The fourth-order valence-corrected chi connectivity index (χ4v) is 2.98. The number of hydrogen-bond donors (Lipinski definition) is 2. The average Bonchev–Trinajstić information content (AvgIpc) is 2.93. The van der Waals surface area contributed by atoms with Crippen LogP contribution in [0.1, 0.15) is 5.56 Å². The minimum absolute atomic E-state index is 0.0724. The maximum absolute atomic E-state index is 12.0. The fraction of sp³-hybridized carbons (Fsp3) is 0.571. The summed E-state index contributed by atoms with van der Waals surface area (Å²) in [5, 5.41) is 17.5. The molecule has 21 heavy (non-hydrogen) atoms. The molecule has 0 spiro atoms. The van der Waals surface area contributed by atoms with Crippen LogP contribution in [0, 0.1) is 11.3 Å². The second-order valence-electron chi connectivity index (χ2n) is 5.15. The van der Waals surface area contributed by atoms with E-state index in [9.17, 15) is 4.79 Å². The van der Waals surface area contributed by atoms with Crippen LogP contribution in [0.15, 0.2) is 11.4 Å². The molecule has 1 aliphatic rings. The van der Waals surface area contributed by atoms with E-state index in [1.54, 1.807) is 6.07 Å². The van der Waals surface area contributed by atoms with Gasteiger partial charge >= 0.3 is 0 Å². The zero-order valence-corrected chi connectivity index (χ0v) is 13.1. The maximum atomic E-state index is 12.0. The Morgan fingerprint density at radius 3 is 3.05 bits per heavy atom. The van der Waals surface area contributed by atoms with Gasteiger partial charge in [-0.15, -0.1) is 11.3 Å². The van der Waals surface area contributed by atoms with Crippen LogP contribution in [-0.4, -0.2) is 68.6 Å². The second-order valence-corrected chi connectivity index (χ2v) is 6.07. The van der Waals surface area contributed by atoms with E-state index in [2.05, 4.69) is 21.6 Å². The zero-order chi connectivity index (χ0) is 15.1. The average molecular weight is 307 g/mol. The normalized spacial score (nSPS) is 15.9. The number of likely N-dealkylation sites (N-methyl/N-ethyl adjacent to an activating group) is 1. The lowest BCUT2D eigenvalue weighted by Gasteiger charge is -2.28. The molecule has 1 fully saturated rings. The van der Waals surface area contributed by atoms with Crippen molar-refractivity contribution in [3.05, 3.63) is 17.0 Å². The van der Waals surface area contributed by atoms with Crippen LogP contribution >= 0.6 is 11.3 Å². The van der Waals surface area contributed by atoms with E-state index in [0.29, 0.717) is 17.1 Å². The van der Waals surface area contributed by atoms with E-state index < -0.39 is 0 Å². The number of nitrogens with one attached hydrogen (secondary N) is 2. The Morgan fingerprint density at radius 1 is 1.57 bits per heavy atom. The van der Waals surface area contributed by atoms with Crippen LogP contribution < -0.4 is 10.6 Å². The molecule has 1 aromatic heterocycles. The molecular formula is C14H21N5OS. The first-order chi connectivity index (χ1) is 10.2. The summed E-state index contributed by atoms with van der Waals surface area (Å²) in [6.07, 6.45) is 0. The van der Waals surface area contributed by atoms with Crippen LogP contribution in [-0.2, 0) is 4.79 Å². The van der Waals surface area contributed by atoms with Crippen molar-refractivity contribution in [1.82, 2.24) is 15.1 Å². The number of rotatable bonds is 6. The zero-order valence-electron chi connectivity index (χ0n) is 12.3. The lowest BCUT2D eigenvalue weighted by molar-refractivity contribution is -0.117. The first kappa shape index (κ1) is 15.9. The van der Waals surface area contributed by atoms with Crippen LogP contribution in [0.4, 0.5) is 5.00 Å². The van der Waals surface area contributed by atoms with E-state index in [-0.39, 0.29) is 5.91 Å². The van der Waals surface area contributed by atoms with Crippen molar-refractivity contribution in [2.75, 3.05) is 58.2 Å². The van der Waals surface area contributed by atoms with Gasteiger partial charge < -0.3 is 10.6 Å².